The second-order valence-electron chi connectivity index (χ2n) is 8.12. The molecule has 0 saturated heterocycles. The highest BCUT2D eigenvalue weighted by molar-refractivity contribution is 6.40. The number of nitriles is 1. The van der Waals surface area contributed by atoms with Crippen LogP contribution in [-0.2, 0) is 5.60 Å². The summed E-state index contributed by atoms with van der Waals surface area (Å²) in [5.41, 5.74) is 1.03. The van der Waals surface area contributed by atoms with Gasteiger partial charge in [-0.05, 0) is 66.6 Å². The monoisotopic (exact) mass is 534 g/mol. The molecule has 0 amide bonds. The lowest BCUT2D eigenvalue weighted by atomic mass is 9.83. The van der Waals surface area contributed by atoms with E-state index < -0.39 is 5.60 Å². The van der Waals surface area contributed by atoms with Gasteiger partial charge in [0.1, 0.15) is 11.6 Å². The van der Waals surface area contributed by atoms with Crippen molar-refractivity contribution in [3.05, 3.63) is 116 Å². The number of H-pyrrole nitrogens is 1. The second-order valence-corrected chi connectivity index (χ2v) is 9.29. The molecule has 36 heavy (non-hydrogen) atoms. The first-order chi connectivity index (χ1) is 17.3. The molecule has 178 valence electrons. The van der Waals surface area contributed by atoms with Gasteiger partial charge < -0.3 is 14.8 Å². The van der Waals surface area contributed by atoms with Crippen LogP contribution in [0.3, 0.4) is 0 Å². The van der Waals surface area contributed by atoms with Gasteiger partial charge in [-0.3, -0.25) is 0 Å². The zero-order valence-corrected chi connectivity index (χ0v) is 21.0. The van der Waals surface area contributed by atoms with Crippen LogP contribution in [0.5, 0.6) is 11.5 Å². The number of halogens is 3. The predicted octanol–water partition coefficient (Wildman–Crippen LogP) is 7.17. The molecule has 0 saturated carbocycles. The number of benzene rings is 3. The third-order valence-electron chi connectivity index (χ3n) is 5.81. The predicted molar refractivity (Wildman–Crippen MR) is 140 cm³/mol. The first-order valence-electron chi connectivity index (χ1n) is 10.8. The summed E-state index contributed by atoms with van der Waals surface area (Å²) < 4.78 is 5.93. The van der Waals surface area contributed by atoms with E-state index in [1.165, 1.54) is 0 Å². The lowest BCUT2D eigenvalue weighted by molar-refractivity contribution is 0.121. The Morgan fingerprint density at radius 2 is 1.67 bits per heavy atom. The lowest BCUT2D eigenvalue weighted by Crippen LogP contribution is -2.29. The van der Waals surface area contributed by atoms with Crippen molar-refractivity contribution in [2.45, 2.75) is 12.5 Å². The molecule has 9 heteroatoms. The fourth-order valence-electron chi connectivity index (χ4n) is 3.98. The van der Waals surface area contributed by atoms with Crippen LogP contribution < -0.4 is 4.74 Å². The molecule has 0 aliphatic heterocycles. The van der Waals surface area contributed by atoms with Gasteiger partial charge in [-0.25, -0.2) is 9.97 Å². The van der Waals surface area contributed by atoms with E-state index in [4.69, 9.17) is 44.8 Å². The zero-order valence-electron chi connectivity index (χ0n) is 18.8. The first-order valence-corrected chi connectivity index (χ1v) is 11.9. The molecule has 1 atom stereocenters. The van der Waals surface area contributed by atoms with Crippen molar-refractivity contribution in [2.75, 3.05) is 0 Å². The van der Waals surface area contributed by atoms with Crippen molar-refractivity contribution in [2.24, 2.45) is 0 Å². The van der Waals surface area contributed by atoms with E-state index in [1.807, 2.05) is 6.92 Å². The molecule has 0 fully saturated rings. The van der Waals surface area contributed by atoms with Crippen molar-refractivity contribution in [3.63, 3.8) is 0 Å². The standard InChI is InChI=1S/C27H17Cl3N4O2/c1-15-32-14-23(33-15)27(35,17-4-7-19(28)8-5-17)18-6-11-22-21(12-18)24(29)25(26(30)34-22)36-20-9-2-16(13-31)3-10-20/h2-12,14,35H,1H3,(H,32,33). The fourth-order valence-corrected chi connectivity index (χ4v) is 4.66. The fraction of sp³-hybridized carbons (Fsp3) is 0.0741. The molecule has 5 rings (SSSR count). The normalized spacial score (nSPS) is 12.8. The number of hydrogen-bond donors (Lipinski definition) is 2. The highest BCUT2D eigenvalue weighted by atomic mass is 35.5. The number of aliphatic hydroxyl groups is 1. The summed E-state index contributed by atoms with van der Waals surface area (Å²) in [5.74, 6) is 1.27. The second kappa shape index (κ2) is 9.45. The summed E-state index contributed by atoms with van der Waals surface area (Å²) in [6, 6.07) is 20.8. The molecule has 5 aromatic rings. The maximum Gasteiger partial charge on any atom is 0.183 e. The minimum Gasteiger partial charge on any atom is -0.453 e. The molecular formula is C27H17Cl3N4O2. The Hall–Kier alpha value is -3.60. The molecule has 0 bridgehead atoms. The van der Waals surface area contributed by atoms with Crippen LogP contribution in [0.2, 0.25) is 15.2 Å². The van der Waals surface area contributed by atoms with E-state index in [1.54, 1.807) is 72.9 Å². The van der Waals surface area contributed by atoms with Crippen molar-refractivity contribution in [1.82, 2.24) is 15.0 Å². The molecular weight excluding hydrogens is 519 g/mol. The van der Waals surface area contributed by atoms with Crippen molar-refractivity contribution >= 4 is 45.7 Å². The van der Waals surface area contributed by atoms with Gasteiger partial charge >= 0.3 is 0 Å². The summed E-state index contributed by atoms with van der Waals surface area (Å²) in [6.45, 7) is 1.81. The largest absolute Gasteiger partial charge is 0.453 e. The SMILES string of the molecule is Cc1ncc(C(O)(c2ccc(Cl)cc2)c2ccc3nc(Cl)c(Oc4ccc(C#N)cc4)c(Cl)c3c2)[nH]1. The van der Waals surface area contributed by atoms with Crippen LogP contribution in [-0.4, -0.2) is 20.1 Å². The molecule has 3 aromatic carbocycles. The van der Waals surface area contributed by atoms with E-state index in [2.05, 4.69) is 21.0 Å². The van der Waals surface area contributed by atoms with Crippen LogP contribution in [0, 0.1) is 18.3 Å². The number of nitrogens with one attached hydrogen (secondary N) is 1. The van der Waals surface area contributed by atoms with Gasteiger partial charge in [0.2, 0.25) is 0 Å². The smallest absolute Gasteiger partial charge is 0.183 e. The van der Waals surface area contributed by atoms with Crippen LogP contribution >= 0.6 is 34.8 Å². The molecule has 0 aliphatic carbocycles. The maximum absolute atomic E-state index is 12.1. The van der Waals surface area contributed by atoms with Crippen molar-refractivity contribution < 1.29 is 9.84 Å². The van der Waals surface area contributed by atoms with E-state index in [0.717, 1.165) is 0 Å². The molecule has 6 nitrogen and oxygen atoms in total. The highest BCUT2D eigenvalue weighted by Crippen LogP contribution is 2.43. The van der Waals surface area contributed by atoms with Crippen LogP contribution in [0.1, 0.15) is 28.2 Å². The summed E-state index contributed by atoms with van der Waals surface area (Å²) in [4.78, 5) is 11.9. The molecule has 1 unspecified atom stereocenters. The quantitative estimate of drug-likeness (QED) is 0.233. The van der Waals surface area contributed by atoms with Gasteiger partial charge in [0.05, 0.1) is 34.1 Å². The minimum atomic E-state index is -1.59. The summed E-state index contributed by atoms with van der Waals surface area (Å²) in [5, 5.41) is 22.5. The molecule has 0 aliphatic rings. The van der Waals surface area contributed by atoms with Gasteiger partial charge in [-0.2, -0.15) is 5.26 Å². The number of hydrogen-bond acceptors (Lipinski definition) is 5. The lowest BCUT2D eigenvalue weighted by Gasteiger charge is -2.29. The maximum atomic E-state index is 12.1. The van der Waals surface area contributed by atoms with Gasteiger partial charge in [0.15, 0.2) is 16.5 Å². The number of rotatable bonds is 5. The number of nitrogens with zero attached hydrogens (tertiary/aromatic N) is 3. The van der Waals surface area contributed by atoms with Crippen LogP contribution in [0.15, 0.2) is 72.9 Å². The van der Waals surface area contributed by atoms with E-state index in [0.29, 0.717) is 49.9 Å². The Bertz CT molecular complexity index is 1630. The highest BCUT2D eigenvalue weighted by Gasteiger charge is 2.36. The number of aromatic nitrogens is 3. The first kappa shape index (κ1) is 24.1. The third kappa shape index (κ3) is 4.27. The minimum absolute atomic E-state index is 0.0850. The molecule has 0 spiro atoms. The number of aromatic amines is 1. The molecule has 2 heterocycles. The van der Waals surface area contributed by atoms with Gasteiger partial charge in [0.25, 0.3) is 0 Å². The number of pyridine rings is 1. The number of fused-ring (bicyclic) bond motifs is 1. The Balaban J connectivity index is 1.66. The Labute approximate surface area is 221 Å². The third-order valence-corrected chi connectivity index (χ3v) is 6.70. The van der Waals surface area contributed by atoms with E-state index in [-0.39, 0.29) is 15.9 Å². The van der Waals surface area contributed by atoms with E-state index in [9.17, 15) is 5.11 Å². The Morgan fingerprint density at radius 3 is 2.31 bits per heavy atom. The average Bonchev–Trinajstić information content (AvgIpc) is 3.33. The van der Waals surface area contributed by atoms with Crippen LogP contribution in [0.25, 0.3) is 10.9 Å². The number of aryl methyl sites for hydroxylation is 1. The zero-order chi connectivity index (χ0) is 25.4. The van der Waals surface area contributed by atoms with Gasteiger partial charge in [-0.15, -0.1) is 0 Å². The molecule has 0 radical (unpaired) electrons. The van der Waals surface area contributed by atoms with Crippen molar-refractivity contribution in [1.29, 1.82) is 5.26 Å². The summed E-state index contributed by atoms with van der Waals surface area (Å²) >= 11 is 19.3. The Morgan fingerprint density at radius 1 is 0.972 bits per heavy atom. The molecule has 2 N–H and O–H groups in total. The number of imidazole rings is 1. The summed E-state index contributed by atoms with van der Waals surface area (Å²) in [7, 11) is 0. The van der Waals surface area contributed by atoms with Crippen molar-refractivity contribution in [3.8, 4) is 17.6 Å². The summed E-state index contributed by atoms with van der Waals surface area (Å²) in [6.07, 6.45) is 1.59. The average molecular weight is 536 g/mol. The number of ether oxygens (including phenoxy) is 1. The van der Waals surface area contributed by atoms with Gasteiger partial charge in [-0.1, -0.05) is 53.0 Å². The van der Waals surface area contributed by atoms with E-state index >= 15 is 0 Å². The Kier molecular flexibility index (Phi) is 6.33. The topological polar surface area (TPSA) is 94.8 Å². The van der Waals surface area contributed by atoms with Crippen LogP contribution in [0.4, 0.5) is 0 Å². The van der Waals surface area contributed by atoms with Gasteiger partial charge in [0, 0.05) is 10.4 Å². The molecule has 2 aromatic heterocycles.